The maximum atomic E-state index is 2.40. The van der Waals surface area contributed by atoms with Crippen LogP contribution in [0.25, 0.3) is 0 Å². The predicted octanol–water partition coefficient (Wildman–Crippen LogP) is 4.10. The Kier molecular flexibility index (Phi) is 1.19. The van der Waals surface area contributed by atoms with Crippen molar-refractivity contribution in [1.82, 2.24) is 0 Å². The van der Waals surface area contributed by atoms with E-state index in [9.17, 15) is 0 Å². The van der Waals surface area contributed by atoms with E-state index in [2.05, 4.69) is 6.92 Å². The monoisotopic (exact) mass is 228 g/mol. The second-order valence-electron chi connectivity index (χ2n) is 8.55. The Morgan fingerprint density at radius 1 is 1.06 bits per heavy atom. The maximum Gasteiger partial charge on any atom is -0.0199 e. The van der Waals surface area contributed by atoms with Crippen LogP contribution in [0, 0.1) is 52.3 Å². The van der Waals surface area contributed by atoms with E-state index in [-0.39, 0.29) is 0 Å². The van der Waals surface area contributed by atoms with Crippen LogP contribution in [0.5, 0.6) is 0 Å². The molecule has 6 saturated carbocycles. The first-order chi connectivity index (χ1) is 8.34. The van der Waals surface area contributed by atoms with E-state index in [1.807, 2.05) is 0 Å². The van der Waals surface area contributed by atoms with Gasteiger partial charge in [-0.3, -0.25) is 0 Å². The van der Waals surface area contributed by atoms with Crippen LogP contribution in [0.1, 0.15) is 51.9 Å². The van der Waals surface area contributed by atoms with Crippen molar-refractivity contribution in [1.29, 1.82) is 0 Å². The van der Waals surface area contributed by atoms with E-state index in [1.54, 1.807) is 38.5 Å². The van der Waals surface area contributed by atoms with Gasteiger partial charge in [0.25, 0.3) is 0 Å². The fourth-order valence-corrected chi connectivity index (χ4v) is 8.19. The summed E-state index contributed by atoms with van der Waals surface area (Å²) in [7, 11) is 0. The molecule has 92 valence electrons. The van der Waals surface area contributed by atoms with E-state index in [0.29, 0.717) is 0 Å². The number of rotatable bonds is 3. The Labute approximate surface area is 105 Å². The summed E-state index contributed by atoms with van der Waals surface area (Å²) in [6.07, 6.45) is 11.2. The van der Waals surface area contributed by atoms with E-state index in [4.69, 9.17) is 0 Å². The SMILES string of the molecule is CCCC12CC1C2C1CC2C1C13CCCC1C23. The molecule has 0 nitrogen and oxygen atoms in total. The second kappa shape index (κ2) is 2.25. The summed E-state index contributed by atoms with van der Waals surface area (Å²) >= 11 is 0. The minimum atomic E-state index is 0.953. The van der Waals surface area contributed by atoms with Crippen LogP contribution >= 0.6 is 0 Å². The number of hydrogen-bond donors (Lipinski definition) is 0. The second-order valence-corrected chi connectivity index (χ2v) is 8.55. The smallest absolute Gasteiger partial charge is 0.0199 e. The molecule has 0 heteroatoms. The molecule has 6 aliphatic carbocycles. The van der Waals surface area contributed by atoms with Crippen molar-refractivity contribution in [3.05, 3.63) is 0 Å². The predicted molar refractivity (Wildman–Crippen MR) is 67.3 cm³/mol. The Hall–Kier alpha value is 0. The summed E-state index contributed by atoms with van der Waals surface area (Å²) < 4.78 is 0. The number of hydrogen-bond acceptors (Lipinski definition) is 0. The zero-order valence-corrected chi connectivity index (χ0v) is 11.0. The largest absolute Gasteiger partial charge is 0.0654 e. The molecule has 0 N–H and O–H groups in total. The molecule has 6 aliphatic rings. The standard InChI is InChI=1S/C17H24/c1-2-5-16-8-12(16)14(16)9-7-10-13(9)17-6-3-4-11(17)15(10)17/h9-15H,2-8H2,1H3. The van der Waals surface area contributed by atoms with E-state index >= 15 is 0 Å². The highest BCUT2D eigenvalue weighted by Crippen LogP contribution is 2.95. The summed E-state index contributed by atoms with van der Waals surface area (Å²) in [5.41, 5.74) is 1.95. The van der Waals surface area contributed by atoms with Crippen LogP contribution in [0.2, 0.25) is 0 Å². The molecule has 0 amide bonds. The third-order valence-corrected chi connectivity index (χ3v) is 8.65. The molecule has 0 aromatic carbocycles. The van der Waals surface area contributed by atoms with Crippen LogP contribution in [0.4, 0.5) is 0 Å². The van der Waals surface area contributed by atoms with Crippen molar-refractivity contribution >= 4 is 0 Å². The summed E-state index contributed by atoms with van der Waals surface area (Å²) in [6, 6.07) is 0. The first-order valence-electron chi connectivity index (χ1n) is 8.34. The summed E-state index contributed by atoms with van der Waals surface area (Å²) in [5, 5.41) is 0. The van der Waals surface area contributed by atoms with Gasteiger partial charge >= 0.3 is 0 Å². The summed E-state index contributed by atoms with van der Waals surface area (Å²) in [4.78, 5) is 0. The van der Waals surface area contributed by atoms with Gasteiger partial charge in [-0.15, -0.1) is 0 Å². The van der Waals surface area contributed by atoms with Gasteiger partial charge in [-0.2, -0.15) is 0 Å². The molecule has 1 spiro atoms. The van der Waals surface area contributed by atoms with Crippen LogP contribution < -0.4 is 0 Å². The van der Waals surface area contributed by atoms with Gasteiger partial charge in [-0.05, 0) is 84.4 Å². The highest BCUT2D eigenvalue weighted by Gasteiger charge is 2.90. The van der Waals surface area contributed by atoms with Gasteiger partial charge in [0.1, 0.15) is 0 Å². The topological polar surface area (TPSA) is 0 Å². The average molecular weight is 228 g/mol. The molecule has 0 aromatic heterocycles. The average Bonchev–Trinajstić information content (AvgIpc) is 3.15. The lowest BCUT2D eigenvalue weighted by Crippen LogP contribution is -2.54. The molecule has 0 saturated heterocycles. The molecular weight excluding hydrogens is 204 g/mol. The highest BCUT2D eigenvalue weighted by molar-refractivity contribution is 5.37. The van der Waals surface area contributed by atoms with Crippen LogP contribution in [0.15, 0.2) is 0 Å². The quantitative estimate of drug-likeness (QED) is 0.682. The third-order valence-electron chi connectivity index (χ3n) is 8.65. The maximum absolute atomic E-state index is 2.40. The third kappa shape index (κ3) is 0.678. The Morgan fingerprint density at radius 2 is 1.94 bits per heavy atom. The Balaban J connectivity index is 1.26. The molecule has 0 radical (unpaired) electrons. The van der Waals surface area contributed by atoms with Gasteiger partial charge < -0.3 is 0 Å². The van der Waals surface area contributed by atoms with Crippen molar-refractivity contribution in [2.24, 2.45) is 52.3 Å². The highest BCUT2D eigenvalue weighted by atomic mass is 14.9. The van der Waals surface area contributed by atoms with Crippen LogP contribution in [-0.2, 0) is 0 Å². The van der Waals surface area contributed by atoms with Crippen molar-refractivity contribution in [3.63, 3.8) is 0 Å². The molecule has 9 atom stereocenters. The fourth-order valence-electron chi connectivity index (χ4n) is 8.19. The molecule has 6 fully saturated rings. The zero-order valence-electron chi connectivity index (χ0n) is 11.0. The molecule has 9 unspecified atom stereocenters. The fraction of sp³-hybridized carbons (Fsp3) is 1.00. The lowest BCUT2D eigenvalue weighted by atomic mass is 9.45. The van der Waals surface area contributed by atoms with Crippen molar-refractivity contribution in [2.45, 2.75) is 51.9 Å². The number of fused-ring (bicyclic) bond motifs is 4. The van der Waals surface area contributed by atoms with Gasteiger partial charge in [0.2, 0.25) is 0 Å². The zero-order chi connectivity index (χ0) is 11.0. The van der Waals surface area contributed by atoms with Crippen molar-refractivity contribution in [3.8, 4) is 0 Å². The van der Waals surface area contributed by atoms with Gasteiger partial charge in [0.15, 0.2) is 0 Å². The van der Waals surface area contributed by atoms with E-state index in [0.717, 1.165) is 10.8 Å². The van der Waals surface area contributed by atoms with Crippen molar-refractivity contribution in [2.75, 3.05) is 0 Å². The first kappa shape index (κ1) is 8.99. The molecular formula is C17H24. The van der Waals surface area contributed by atoms with E-state index < -0.39 is 0 Å². The van der Waals surface area contributed by atoms with Crippen LogP contribution in [-0.4, -0.2) is 0 Å². The normalized spacial score (nSPS) is 75.7. The van der Waals surface area contributed by atoms with Crippen LogP contribution in [0.3, 0.4) is 0 Å². The first-order valence-corrected chi connectivity index (χ1v) is 8.34. The molecule has 0 bridgehead atoms. The van der Waals surface area contributed by atoms with Crippen molar-refractivity contribution < 1.29 is 0 Å². The van der Waals surface area contributed by atoms with Gasteiger partial charge in [-0.1, -0.05) is 19.8 Å². The van der Waals surface area contributed by atoms with Gasteiger partial charge in [-0.25, -0.2) is 0 Å². The van der Waals surface area contributed by atoms with E-state index in [1.165, 1.54) is 47.8 Å². The molecule has 6 rings (SSSR count). The van der Waals surface area contributed by atoms with Gasteiger partial charge in [0.05, 0.1) is 0 Å². The minimum Gasteiger partial charge on any atom is -0.0654 e. The molecule has 0 aromatic rings. The van der Waals surface area contributed by atoms with Gasteiger partial charge in [0, 0.05) is 0 Å². The minimum absolute atomic E-state index is 0.953. The summed E-state index contributed by atoms with van der Waals surface area (Å²) in [6.45, 7) is 2.40. The molecule has 0 heterocycles. The lowest BCUT2D eigenvalue weighted by Gasteiger charge is -2.60. The molecule has 0 aliphatic heterocycles. The summed E-state index contributed by atoms with van der Waals surface area (Å²) in [5.74, 6) is 8.78. The molecule has 17 heavy (non-hydrogen) atoms. The Bertz CT molecular complexity index is 420. The lowest BCUT2D eigenvalue weighted by molar-refractivity contribution is -0.120. The Morgan fingerprint density at radius 3 is 2.76 bits per heavy atom.